The van der Waals surface area contributed by atoms with Crippen molar-refractivity contribution < 1.29 is 19.4 Å². The SMILES string of the molecule is COc1ccc(-c2cc3c(N[C@H](C)c4cc(C)cc([N+](=O)[O-])c4)nc(C)nc3cc2C)cn1.Cc1cc([C@@H](C)Nc2nc(C)nc3cc(C)c(C4=CCC(=O)C=C4)cc23)cc([N+](=O)[O-])c1. The van der Waals surface area contributed by atoms with E-state index >= 15 is 0 Å². The Balaban J connectivity index is 0.000000194. The second-order valence-corrected chi connectivity index (χ2v) is 16.3. The molecule has 8 rings (SSSR count). The number of allylic oxidation sites excluding steroid dienone is 4. The third kappa shape index (κ3) is 10.3. The fourth-order valence-electron chi connectivity index (χ4n) is 7.90. The van der Waals surface area contributed by atoms with Crippen molar-refractivity contribution in [2.45, 2.75) is 73.9 Å². The van der Waals surface area contributed by atoms with Crippen molar-refractivity contribution in [3.63, 3.8) is 0 Å². The number of aromatic nitrogens is 5. The third-order valence-corrected chi connectivity index (χ3v) is 11.1. The average Bonchev–Trinajstić information content (AvgIpc) is 3.26. The normalized spacial score (nSPS) is 13.1. The Morgan fingerprint density at radius 2 is 1.15 bits per heavy atom. The van der Waals surface area contributed by atoms with Crippen LogP contribution in [0.25, 0.3) is 38.5 Å². The van der Waals surface area contributed by atoms with Crippen LogP contribution in [0.2, 0.25) is 0 Å². The van der Waals surface area contributed by atoms with Crippen LogP contribution in [0.4, 0.5) is 23.0 Å². The molecule has 7 aromatic rings. The maximum absolute atomic E-state index is 11.6. The number of nitrogens with zero attached hydrogens (tertiary/aromatic N) is 7. The summed E-state index contributed by atoms with van der Waals surface area (Å²) in [5.41, 5.74) is 11.2. The van der Waals surface area contributed by atoms with E-state index in [4.69, 9.17) is 4.74 Å². The number of rotatable bonds is 11. The van der Waals surface area contributed by atoms with Crippen LogP contribution in [-0.2, 0) is 4.79 Å². The summed E-state index contributed by atoms with van der Waals surface area (Å²) in [6.07, 6.45) is 7.56. The first kappa shape index (κ1) is 45.1. The molecule has 0 spiro atoms. The van der Waals surface area contributed by atoms with Gasteiger partial charge < -0.3 is 15.4 Å². The van der Waals surface area contributed by atoms with Crippen molar-refractivity contribution in [2.24, 2.45) is 0 Å². The molecular weight excluding hydrogens is 823 g/mol. The van der Waals surface area contributed by atoms with E-state index in [0.717, 1.165) is 77.5 Å². The van der Waals surface area contributed by atoms with Gasteiger partial charge in [-0.1, -0.05) is 24.3 Å². The molecule has 0 amide bonds. The molecule has 4 aromatic carbocycles. The second kappa shape index (κ2) is 18.8. The number of carbonyl (C=O) groups is 1. The molecule has 0 unspecified atom stereocenters. The first-order valence-electron chi connectivity index (χ1n) is 21.0. The van der Waals surface area contributed by atoms with Gasteiger partial charge >= 0.3 is 0 Å². The van der Waals surface area contributed by atoms with Gasteiger partial charge in [0.25, 0.3) is 11.4 Å². The van der Waals surface area contributed by atoms with Gasteiger partial charge in [0.05, 0.1) is 40.1 Å². The number of pyridine rings is 1. The van der Waals surface area contributed by atoms with Crippen LogP contribution in [0.1, 0.15) is 82.9 Å². The van der Waals surface area contributed by atoms with E-state index in [1.807, 2.05) is 110 Å². The molecule has 65 heavy (non-hydrogen) atoms. The number of ether oxygens (including phenoxy) is 1. The number of methoxy groups -OCH3 is 1. The molecule has 0 bridgehead atoms. The zero-order valence-electron chi connectivity index (χ0n) is 37.7. The van der Waals surface area contributed by atoms with Gasteiger partial charge in [0.15, 0.2) is 5.78 Å². The lowest BCUT2D eigenvalue weighted by atomic mass is 9.94. The summed E-state index contributed by atoms with van der Waals surface area (Å²) in [6.45, 7) is 15.4. The predicted octanol–water partition coefficient (Wildman–Crippen LogP) is 11.3. The molecule has 15 heteroatoms. The number of hydrogen-bond acceptors (Lipinski definition) is 13. The lowest BCUT2D eigenvalue weighted by Crippen LogP contribution is -2.10. The molecule has 3 heterocycles. The minimum absolute atomic E-state index is 0.0702. The average molecular weight is 872 g/mol. The standard InChI is InChI=1S/C25H25N5O3.C25H24N4O3/c1-14-8-19(11-20(9-14)30(31)32)16(3)27-25-22-12-21(18-6-7-24(33-5)26-13-18)15(2)10-23(22)28-17(4)29-25;1-14-9-19(12-20(10-14)29(31)32)16(3)26-25-23-13-22(18-5-7-21(30)8-6-18)15(2)11-24(23)27-17(4)28-25/h6-13,16H,1-5H3,(H,27,28,29);5-7,9-13,16H,8H2,1-4H3,(H,26,27,28)/t2*16-/m11/s1. The van der Waals surface area contributed by atoms with E-state index in [2.05, 4.69) is 41.6 Å². The maximum atomic E-state index is 11.6. The first-order chi connectivity index (χ1) is 31.0. The molecule has 3 aromatic heterocycles. The predicted molar refractivity (Wildman–Crippen MR) is 254 cm³/mol. The fraction of sp³-hybridized carbons (Fsp3) is 0.240. The van der Waals surface area contributed by atoms with E-state index in [1.165, 1.54) is 0 Å². The number of non-ortho nitro benzene ring substituents is 2. The second-order valence-electron chi connectivity index (χ2n) is 16.3. The quantitative estimate of drug-likeness (QED) is 0.0919. The van der Waals surface area contributed by atoms with Crippen molar-refractivity contribution in [3.8, 4) is 17.0 Å². The monoisotopic (exact) mass is 871 g/mol. The zero-order valence-corrected chi connectivity index (χ0v) is 37.7. The number of benzene rings is 4. The van der Waals surface area contributed by atoms with Gasteiger partial charge in [-0.15, -0.1) is 0 Å². The van der Waals surface area contributed by atoms with E-state index in [0.29, 0.717) is 35.6 Å². The van der Waals surface area contributed by atoms with Crippen molar-refractivity contribution in [1.29, 1.82) is 0 Å². The molecule has 1 aliphatic carbocycles. The highest BCUT2D eigenvalue weighted by Gasteiger charge is 2.19. The largest absolute Gasteiger partial charge is 0.481 e. The zero-order chi connectivity index (χ0) is 46.7. The molecule has 0 aliphatic heterocycles. The number of fused-ring (bicyclic) bond motifs is 2. The van der Waals surface area contributed by atoms with Crippen LogP contribution < -0.4 is 15.4 Å². The Hall–Kier alpha value is -7.94. The summed E-state index contributed by atoms with van der Waals surface area (Å²) in [5, 5.41) is 31.2. The number of ketones is 1. The number of nitro benzene ring substituents is 2. The van der Waals surface area contributed by atoms with Crippen molar-refractivity contribution in [2.75, 3.05) is 17.7 Å². The summed E-state index contributed by atoms with van der Waals surface area (Å²) in [4.78, 5) is 56.2. The summed E-state index contributed by atoms with van der Waals surface area (Å²) in [6, 6.07) is 21.8. The van der Waals surface area contributed by atoms with Crippen LogP contribution in [0.15, 0.2) is 97.2 Å². The number of aryl methyl sites for hydroxylation is 6. The molecule has 0 fully saturated rings. The van der Waals surface area contributed by atoms with Gasteiger partial charge in [0.1, 0.15) is 23.3 Å². The molecule has 1 aliphatic rings. The van der Waals surface area contributed by atoms with Gasteiger partial charge in [-0.05, 0) is 142 Å². The van der Waals surface area contributed by atoms with Crippen molar-refractivity contribution in [1.82, 2.24) is 24.9 Å². The van der Waals surface area contributed by atoms with Gasteiger partial charge in [-0.3, -0.25) is 25.0 Å². The summed E-state index contributed by atoms with van der Waals surface area (Å²) in [5.74, 6) is 3.27. The van der Waals surface area contributed by atoms with E-state index < -0.39 is 0 Å². The van der Waals surface area contributed by atoms with Gasteiger partial charge in [-0.2, -0.15) is 0 Å². The Kier molecular flexibility index (Phi) is 13.0. The maximum Gasteiger partial charge on any atom is 0.270 e. The van der Waals surface area contributed by atoms with Gasteiger partial charge in [-0.25, -0.2) is 24.9 Å². The van der Waals surface area contributed by atoms with Crippen LogP contribution >= 0.6 is 0 Å². The Labute approximate surface area is 376 Å². The first-order valence-corrected chi connectivity index (χ1v) is 21.0. The number of hydrogen-bond donors (Lipinski definition) is 2. The molecule has 2 N–H and O–H groups in total. The third-order valence-electron chi connectivity index (χ3n) is 11.1. The van der Waals surface area contributed by atoms with E-state index in [-0.39, 0.29) is 39.1 Å². The molecule has 0 saturated heterocycles. The molecule has 15 nitrogen and oxygen atoms in total. The Morgan fingerprint density at radius 1 is 0.646 bits per heavy atom. The summed E-state index contributed by atoms with van der Waals surface area (Å²) in [7, 11) is 1.59. The number of nitro groups is 2. The smallest absolute Gasteiger partial charge is 0.270 e. The van der Waals surface area contributed by atoms with Gasteiger partial charge in [0, 0.05) is 59.3 Å². The molecule has 330 valence electrons. The molecule has 0 saturated carbocycles. The minimum atomic E-state index is -0.376. The summed E-state index contributed by atoms with van der Waals surface area (Å²) < 4.78 is 5.17. The topological polar surface area (TPSA) is 201 Å². The highest BCUT2D eigenvalue weighted by Crippen LogP contribution is 2.35. The van der Waals surface area contributed by atoms with E-state index in [9.17, 15) is 25.0 Å². The van der Waals surface area contributed by atoms with Crippen LogP contribution in [0, 0.1) is 61.8 Å². The number of nitrogens with one attached hydrogen (secondary N) is 2. The van der Waals surface area contributed by atoms with Crippen molar-refractivity contribution >= 4 is 56.2 Å². The molecule has 0 radical (unpaired) electrons. The highest BCUT2D eigenvalue weighted by atomic mass is 16.6. The summed E-state index contributed by atoms with van der Waals surface area (Å²) >= 11 is 0. The van der Waals surface area contributed by atoms with Crippen molar-refractivity contribution in [3.05, 3.63) is 168 Å². The Morgan fingerprint density at radius 3 is 1.60 bits per heavy atom. The van der Waals surface area contributed by atoms with Crippen LogP contribution in [0.3, 0.4) is 0 Å². The van der Waals surface area contributed by atoms with Gasteiger partial charge in [0.2, 0.25) is 5.88 Å². The van der Waals surface area contributed by atoms with Crippen LogP contribution in [-0.4, -0.2) is 47.7 Å². The van der Waals surface area contributed by atoms with Crippen LogP contribution in [0.5, 0.6) is 5.88 Å². The fourth-order valence-corrected chi connectivity index (χ4v) is 7.90. The number of carbonyl (C=O) groups excluding carboxylic acids is 1. The lowest BCUT2D eigenvalue weighted by Gasteiger charge is -2.19. The lowest BCUT2D eigenvalue weighted by molar-refractivity contribution is -0.385. The van der Waals surface area contributed by atoms with E-state index in [1.54, 1.807) is 43.6 Å². The molecule has 2 atom stereocenters. The highest BCUT2D eigenvalue weighted by molar-refractivity contribution is 6.00. The Bertz CT molecular complexity index is 3090. The number of anilines is 2. The molecular formula is C50H49N9O6. The minimum Gasteiger partial charge on any atom is -0.481 e.